The van der Waals surface area contributed by atoms with Crippen molar-refractivity contribution in [2.75, 3.05) is 25.4 Å². The fraction of sp³-hybridized carbons (Fsp3) is 0.500. The molecular formula is C10H15N3O4S2. The molecule has 19 heavy (non-hydrogen) atoms. The number of methoxy groups -OCH3 is 1. The Bertz CT molecular complexity index is 594. The predicted molar refractivity (Wildman–Crippen MR) is 72.7 cm³/mol. The summed E-state index contributed by atoms with van der Waals surface area (Å²) in [6.07, 6.45) is 0.678. The number of nitrogens with one attached hydrogen (secondary N) is 3. The van der Waals surface area contributed by atoms with Crippen molar-refractivity contribution < 1.29 is 17.9 Å². The molecule has 0 aliphatic carbocycles. The van der Waals surface area contributed by atoms with Crippen LogP contribution in [0.2, 0.25) is 0 Å². The van der Waals surface area contributed by atoms with Gasteiger partial charge in [-0.25, -0.2) is 9.52 Å². The molecule has 1 aliphatic heterocycles. The van der Waals surface area contributed by atoms with E-state index < -0.39 is 16.2 Å². The topological polar surface area (TPSA) is 96.5 Å². The first kappa shape index (κ1) is 14.3. The quantitative estimate of drug-likeness (QED) is 0.683. The van der Waals surface area contributed by atoms with Crippen LogP contribution in [0.15, 0.2) is 0 Å². The number of carbonyl (C=O) groups is 1. The number of carbonyl (C=O) groups excluding carboxylic acids is 1. The van der Waals surface area contributed by atoms with Crippen LogP contribution in [-0.4, -0.2) is 35.1 Å². The lowest BCUT2D eigenvalue weighted by Gasteiger charge is -2.13. The number of thiophene rings is 1. The molecule has 7 nitrogen and oxygen atoms in total. The minimum absolute atomic E-state index is 0.301. The smallest absolute Gasteiger partial charge is 0.341 e. The van der Waals surface area contributed by atoms with Crippen molar-refractivity contribution in [3.8, 4) is 0 Å². The van der Waals surface area contributed by atoms with Gasteiger partial charge >= 0.3 is 5.97 Å². The van der Waals surface area contributed by atoms with E-state index in [-0.39, 0.29) is 0 Å². The second-order valence-electron chi connectivity index (χ2n) is 3.94. The molecule has 0 saturated heterocycles. The van der Waals surface area contributed by atoms with E-state index in [4.69, 9.17) is 4.74 Å². The second-order valence-corrected chi connectivity index (χ2v) is 6.66. The highest BCUT2D eigenvalue weighted by molar-refractivity contribution is 7.91. The maximum absolute atomic E-state index is 11.9. The summed E-state index contributed by atoms with van der Waals surface area (Å²) in [4.78, 5) is 12.8. The SMILES string of the molecule is CNS(=O)(=O)Nc1sc2c(c1C(=O)OC)CCNC2. The van der Waals surface area contributed by atoms with Gasteiger partial charge in [0.15, 0.2) is 0 Å². The van der Waals surface area contributed by atoms with Crippen LogP contribution in [0, 0.1) is 0 Å². The average Bonchev–Trinajstić information content (AvgIpc) is 2.75. The Hall–Kier alpha value is -1.16. The number of ether oxygens (including phenoxy) is 1. The van der Waals surface area contributed by atoms with Crippen LogP contribution in [-0.2, 0) is 27.9 Å². The van der Waals surface area contributed by atoms with Crippen molar-refractivity contribution in [3.05, 3.63) is 16.0 Å². The lowest BCUT2D eigenvalue weighted by atomic mass is 10.0. The van der Waals surface area contributed by atoms with Crippen LogP contribution in [0.5, 0.6) is 0 Å². The van der Waals surface area contributed by atoms with Crippen LogP contribution in [0.4, 0.5) is 5.00 Å². The fourth-order valence-electron chi connectivity index (χ4n) is 1.90. The van der Waals surface area contributed by atoms with E-state index >= 15 is 0 Å². The summed E-state index contributed by atoms with van der Waals surface area (Å²) in [6, 6.07) is 0. The molecule has 3 N–H and O–H groups in total. The monoisotopic (exact) mass is 305 g/mol. The standard InChI is InChI=1S/C10H15N3O4S2/c1-11-19(15,16)13-9-8(10(14)17-2)6-3-4-12-5-7(6)18-9/h11-13H,3-5H2,1-2H3. The molecule has 0 fully saturated rings. The van der Waals surface area contributed by atoms with Crippen molar-refractivity contribution >= 4 is 32.5 Å². The lowest BCUT2D eigenvalue weighted by Crippen LogP contribution is -2.27. The second kappa shape index (κ2) is 5.45. The van der Waals surface area contributed by atoms with E-state index in [0.717, 1.165) is 17.0 Å². The van der Waals surface area contributed by atoms with E-state index in [1.807, 2.05) is 0 Å². The Balaban J connectivity index is 2.48. The molecule has 0 unspecified atom stereocenters. The molecule has 0 atom stereocenters. The van der Waals surface area contributed by atoms with Gasteiger partial charge in [-0.15, -0.1) is 11.3 Å². The highest BCUT2D eigenvalue weighted by Crippen LogP contribution is 2.36. The Labute approximate surface area is 115 Å². The molecule has 106 valence electrons. The molecule has 0 saturated carbocycles. The summed E-state index contributed by atoms with van der Waals surface area (Å²) in [5.41, 5.74) is 1.19. The zero-order valence-electron chi connectivity index (χ0n) is 10.6. The first-order valence-electron chi connectivity index (χ1n) is 5.63. The van der Waals surface area contributed by atoms with Gasteiger partial charge in [-0.2, -0.15) is 8.42 Å². The van der Waals surface area contributed by atoms with Gasteiger partial charge in [0.05, 0.1) is 12.7 Å². The number of hydrogen-bond acceptors (Lipinski definition) is 6. The Morgan fingerprint density at radius 2 is 2.21 bits per heavy atom. The molecule has 1 aliphatic rings. The highest BCUT2D eigenvalue weighted by atomic mass is 32.2. The van der Waals surface area contributed by atoms with Crippen molar-refractivity contribution in [3.63, 3.8) is 0 Å². The van der Waals surface area contributed by atoms with Crippen LogP contribution in [0.25, 0.3) is 0 Å². The van der Waals surface area contributed by atoms with Gasteiger partial charge in [0, 0.05) is 18.5 Å². The van der Waals surface area contributed by atoms with Gasteiger partial charge in [0.1, 0.15) is 5.00 Å². The zero-order valence-corrected chi connectivity index (χ0v) is 12.2. The molecule has 0 radical (unpaired) electrons. The Morgan fingerprint density at radius 1 is 1.47 bits per heavy atom. The van der Waals surface area contributed by atoms with E-state index in [9.17, 15) is 13.2 Å². The van der Waals surface area contributed by atoms with E-state index in [0.29, 0.717) is 23.5 Å². The maximum Gasteiger partial charge on any atom is 0.341 e. The van der Waals surface area contributed by atoms with Crippen molar-refractivity contribution in [2.24, 2.45) is 0 Å². The lowest BCUT2D eigenvalue weighted by molar-refractivity contribution is 0.0601. The molecule has 0 amide bonds. The molecule has 0 spiro atoms. The van der Waals surface area contributed by atoms with Crippen molar-refractivity contribution in [1.29, 1.82) is 0 Å². The summed E-state index contributed by atoms with van der Waals surface area (Å²) in [7, 11) is -1.07. The van der Waals surface area contributed by atoms with E-state index in [1.165, 1.54) is 25.5 Å². The van der Waals surface area contributed by atoms with Crippen molar-refractivity contribution in [1.82, 2.24) is 10.0 Å². The fourth-order valence-corrected chi connectivity index (χ4v) is 3.90. The Kier molecular flexibility index (Phi) is 4.09. The first-order chi connectivity index (χ1) is 8.98. The zero-order chi connectivity index (χ0) is 14.0. The van der Waals surface area contributed by atoms with Crippen LogP contribution in [0.3, 0.4) is 0 Å². The van der Waals surface area contributed by atoms with Crippen LogP contribution < -0.4 is 14.8 Å². The van der Waals surface area contributed by atoms with Gasteiger partial charge in [0.2, 0.25) is 0 Å². The molecule has 1 aromatic heterocycles. The van der Waals surface area contributed by atoms with Gasteiger partial charge < -0.3 is 10.1 Å². The maximum atomic E-state index is 11.9. The van der Waals surface area contributed by atoms with Crippen LogP contribution >= 0.6 is 11.3 Å². The molecule has 1 aromatic rings. The third-order valence-electron chi connectivity index (χ3n) is 2.81. The molecular weight excluding hydrogens is 290 g/mol. The minimum atomic E-state index is -3.65. The number of rotatable bonds is 4. The minimum Gasteiger partial charge on any atom is -0.465 e. The third-order valence-corrected chi connectivity index (χ3v) is 5.10. The Morgan fingerprint density at radius 3 is 2.84 bits per heavy atom. The molecule has 9 heteroatoms. The summed E-state index contributed by atoms with van der Waals surface area (Å²) >= 11 is 1.25. The highest BCUT2D eigenvalue weighted by Gasteiger charge is 2.27. The molecule has 0 aromatic carbocycles. The average molecular weight is 305 g/mol. The number of anilines is 1. The molecule has 2 heterocycles. The summed E-state index contributed by atoms with van der Waals surface area (Å²) < 4.78 is 32.4. The van der Waals surface area contributed by atoms with Gasteiger partial charge in [0.25, 0.3) is 10.2 Å². The summed E-state index contributed by atoms with van der Waals surface area (Å²) in [5.74, 6) is -0.520. The predicted octanol–water partition coefficient (Wildman–Crippen LogP) is 0.0565. The third kappa shape index (κ3) is 2.89. The van der Waals surface area contributed by atoms with Gasteiger partial charge in [-0.05, 0) is 18.5 Å². The number of fused-ring (bicyclic) bond motifs is 1. The number of hydrogen-bond donors (Lipinski definition) is 3. The summed E-state index contributed by atoms with van der Waals surface area (Å²) in [6.45, 7) is 1.39. The van der Waals surface area contributed by atoms with E-state index in [1.54, 1.807) is 0 Å². The van der Waals surface area contributed by atoms with Gasteiger partial charge in [-0.3, -0.25) is 4.72 Å². The van der Waals surface area contributed by atoms with Crippen LogP contribution in [0.1, 0.15) is 20.8 Å². The van der Waals surface area contributed by atoms with Gasteiger partial charge in [-0.1, -0.05) is 0 Å². The van der Waals surface area contributed by atoms with E-state index in [2.05, 4.69) is 14.8 Å². The largest absolute Gasteiger partial charge is 0.465 e. The summed E-state index contributed by atoms with van der Waals surface area (Å²) in [5, 5.41) is 3.48. The molecule has 0 bridgehead atoms. The molecule has 2 rings (SSSR count). The normalized spacial score (nSPS) is 14.8. The van der Waals surface area contributed by atoms with Crippen molar-refractivity contribution in [2.45, 2.75) is 13.0 Å². The first-order valence-corrected chi connectivity index (χ1v) is 7.93. The number of esters is 1.